The smallest absolute Gasteiger partial charge is 0.274 e. The highest BCUT2D eigenvalue weighted by molar-refractivity contribution is 5.93. The quantitative estimate of drug-likeness (QED) is 0.313. The van der Waals surface area contributed by atoms with Gasteiger partial charge in [-0.15, -0.1) is 0 Å². The molecule has 0 aliphatic carbocycles. The van der Waals surface area contributed by atoms with Crippen molar-refractivity contribution in [2.24, 2.45) is 0 Å². The molecule has 0 fully saturated rings. The number of hydroxylamine groups is 1. The molecule has 8 nitrogen and oxygen atoms in total. The Bertz CT molecular complexity index is 1320. The second kappa shape index (κ2) is 8.31. The van der Waals surface area contributed by atoms with E-state index < -0.39 is 17.5 Å². The van der Waals surface area contributed by atoms with E-state index in [-0.39, 0.29) is 34.3 Å². The highest BCUT2D eigenvalue weighted by Crippen LogP contribution is 2.30. The van der Waals surface area contributed by atoms with Crippen LogP contribution < -0.4 is 10.8 Å². The molecular weight excluding hydrogens is 418 g/mol. The van der Waals surface area contributed by atoms with Crippen molar-refractivity contribution >= 4 is 28.6 Å². The maximum absolute atomic E-state index is 14.8. The first kappa shape index (κ1) is 21.3. The summed E-state index contributed by atoms with van der Waals surface area (Å²) in [5.41, 5.74) is 3.31. The van der Waals surface area contributed by atoms with Crippen LogP contribution in [0.4, 0.5) is 20.4 Å². The molecule has 4 aromatic rings. The molecule has 3 N–H and O–H groups in total. The third kappa shape index (κ3) is 3.87. The Labute approximate surface area is 181 Å². The topological polar surface area (TPSA) is 105 Å². The number of amides is 1. The summed E-state index contributed by atoms with van der Waals surface area (Å²) in [5, 5.41) is 11.6. The van der Waals surface area contributed by atoms with Crippen LogP contribution in [0, 0.1) is 18.6 Å². The summed E-state index contributed by atoms with van der Waals surface area (Å²) in [6, 6.07) is 9.03. The number of hydrogen-bond acceptors (Lipinski definition) is 6. The number of nitrogens with zero attached hydrogens (tertiary/aromatic N) is 4. The summed E-state index contributed by atoms with van der Waals surface area (Å²) in [6.07, 6.45) is 1.01. The summed E-state index contributed by atoms with van der Waals surface area (Å²) in [4.78, 5) is 23.9. The molecule has 2 heterocycles. The number of fused-ring (bicyclic) bond motifs is 1. The average Bonchev–Trinajstić information content (AvgIpc) is 3.11. The normalized spacial score (nSPS) is 11.2. The molecule has 0 spiro atoms. The summed E-state index contributed by atoms with van der Waals surface area (Å²) in [6.45, 7) is 5.71. The highest BCUT2D eigenvalue weighted by atomic mass is 19.1. The second-order valence-corrected chi connectivity index (χ2v) is 7.48. The second-order valence-electron chi connectivity index (χ2n) is 7.48. The Balaban J connectivity index is 1.72. The van der Waals surface area contributed by atoms with E-state index in [9.17, 15) is 13.6 Å². The van der Waals surface area contributed by atoms with E-state index in [1.54, 1.807) is 30.6 Å². The van der Waals surface area contributed by atoms with Gasteiger partial charge in [0.05, 0.1) is 11.7 Å². The molecule has 1 amide bonds. The molecule has 2 aromatic carbocycles. The van der Waals surface area contributed by atoms with Crippen molar-refractivity contribution in [2.75, 3.05) is 5.32 Å². The first-order valence-corrected chi connectivity index (χ1v) is 9.81. The van der Waals surface area contributed by atoms with E-state index in [0.29, 0.717) is 17.0 Å². The van der Waals surface area contributed by atoms with Crippen molar-refractivity contribution in [3.05, 3.63) is 65.6 Å². The van der Waals surface area contributed by atoms with Crippen LogP contribution in [0.15, 0.2) is 42.6 Å². The van der Waals surface area contributed by atoms with Gasteiger partial charge in [-0.1, -0.05) is 0 Å². The molecule has 0 radical (unpaired) electrons. The van der Waals surface area contributed by atoms with Gasteiger partial charge in [-0.05, 0) is 57.2 Å². The summed E-state index contributed by atoms with van der Waals surface area (Å²) in [7, 11) is 0. The van der Waals surface area contributed by atoms with Gasteiger partial charge in [0.15, 0.2) is 11.6 Å². The van der Waals surface area contributed by atoms with Crippen LogP contribution in [0.2, 0.25) is 0 Å². The average molecular weight is 438 g/mol. The van der Waals surface area contributed by atoms with Crippen molar-refractivity contribution in [3.8, 4) is 11.3 Å². The minimum atomic E-state index is -0.698. The Morgan fingerprint density at radius 2 is 1.81 bits per heavy atom. The van der Waals surface area contributed by atoms with Crippen molar-refractivity contribution in [2.45, 2.75) is 26.8 Å². The molecule has 32 heavy (non-hydrogen) atoms. The van der Waals surface area contributed by atoms with Crippen LogP contribution in [0.3, 0.4) is 0 Å². The first-order chi connectivity index (χ1) is 15.3. The van der Waals surface area contributed by atoms with Crippen LogP contribution in [0.5, 0.6) is 0 Å². The highest BCUT2D eigenvalue weighted by Gasteiger charge is 2.18. The summed E-state index contributed by atoms with van der Waals surface area (Å²) in [5.74, 6) is -1.16. The van der Waals surface area contributed by atoms with Crippen LogP contribution >= 0.6 is 0 Å². The monoisotopic (exact) mass is 438 g/mol. The molecule has 164 valence electrons. The molecule has 4 rings (SSSR count). The van der Waals surface area contributed by atoms with E-state index in [1.807, 2.05) is 18.4 Å². The number of nitrogens with one attached hydrogen (secondary N) is 2. The predicted molar refractivity (Wildman–Crippen MR) is 115 cm³/mol. The maximum atomic E-state index is 14.8. The number of hydrogen-bond donors (Lipinski definition) is 3. The third-order valence-corrected chi connectivity index (χ3v) is 4.96. The number of imidazole rings is 1. The van der Waals surface area contributed by atoms with Gasteiger partial charge < -0.3 is 9.88 Å². The van der Waals surface area contributed by atoms with Gasteiger partial charge in [0.2, 0.25) is 5.95 Å². The zero-order chi connectivity index (χ0) is 23.0. The molecule has 0 unspecified atom stereocenters. The number of carbonyl (C=O) groups excluding carboxylic acids is 1. The molecule has 0 aliphatic heterocycles. The van der Waals surface area contributed by atoms with Crippen molar-refractivity contribution < 1.29 is 18.8 Å². The number of halogens is 2. The lowest BCUT2D eigenvalue weighted by Crippen LogP contribution is -2.18. The van der Waals surface area contributed by atoms with Gasteiger partial charge in [-0.25, -0.2) is 29.2 Å². The molecule has 0 atom stereocenters. The summed E-state index contributed by atoms with van der Waals surface area (Å²) < 4.78 is 31.3. The lowest BCUT2D eigenvalue weighted by molar-refractivity contribution is 0.0706. The van der Waals surface area contributed by atoms with E-state index in [0.717, 1.165) is 6.20 Å². The lowest BCUT2D eigenvalue weighted by atomic mass is 10.1. The fourth-order valence-electron chi connectivity index (χ4n) is 3.59. The van der Waals surface area contributed by atoms with Crippen LogP contribution in [-0.2, 0) is 0 Å². The number of aryl methyl sites for hydroxylation is 1. The Kier molecular flexibility index (Phi) is 5.54. The first-order valence-electron chi connectivity index (χ1n) is 9.81. The van der Waals surface area contributed by atoms with Crippen molar-refractivity contribution in [1.82, 2.24) is 25.0 Å². The van der Waals surface area contributed by atoms with E-state index in [2.05, 4.69) is 20.3 Å². The standard InChI is InChI=1S/C22H20F2N6O2/c1-11(2)30-12(3)26-20-16(23)8-14(9-18(20)30)19-17(24)10-25-22(28-19)27-15-6-4-13(5-7-15)21(31)29-32/h4-11,32H,1-3H3,(H,29,31)(H,25,27,28). The molecule has 0 saturated carbocycles. The Morgan fingerprint density at radius 3 is 2.47 bits per heavy atom. The number of rotatable bonds is 5. The minimum absolute atomic E-state index is 0.0398. The SMILES string of the molecule is Cc1nc2c(F)cc(-c3nc(Nc4ccc(C(=O)NO)cc4)ncc3F)cc2n1C(C)C. The zero-order valence-corrected chi connectivity index (χ0v) is 17.5. The molecule has 10 heteroatoms. The minimum Gasteiger partial charge on any atom is -0.326 e. The summed E-state index contributed by atoms with van der Waals surface area (Å²) >= 11 is 0. The number of aromatic nitrogens is 4. The maximum Gasteiger partial charge on any atom is 0.274 e. The van der Waals surface area contributed by atoms with Gasteiger partial charge in [0.25, 0.3) is 5.91 Å². The number of benzene rings is 2. The molecule has 0 bridgehead atoms. The third-order valence-electron chi connectivity index (χ3n) is 4.96. The van der Waals surface area contributed by atoms with Crippen LogP contribution in [0.25, 0.3) is 22.3 Å². The molecule has 0 saturated heterocycles. The van der Waals surface area contributed by atoms with Crippen LogP contribution in [-0.4, -0.2) is 30.6 Å². The number of carbonyl (C=O) groups is 1. The van der Waals surface area contributed by atoms with Crippen molar-refractivity contribution in [1.29, 1.82) is 0 Å². The number of anilines is 2. The molecular formula is C22H20F2N6O2. The molecule has 2 aromatic heterocycles. The van der Waals surface area contributed by atoms with Gasteiger partial charge in [0.1, 0.15) is 17.0 Å². The van der Waals surface area contributed by atoms with E-state index in [1.165, 1.54) is 18.2 Å². The Morgan fingerprint density at radius 1 is 1.09 bits per heavy atom. The lowest BCUT2D eigenvalue weighted by Gasteiger charge is -2.12. The fraction of sp³-hybridized carbons (Fsp3) is 0.182. The van der Waals surface area contributed by atoms with E-state index >= 15 is 0 Å². The van der Waals surface area contributed by atoms with Gasteiger partial charge in [-0.2, -0.15) is 0 Å². The van der Waals surface area contributed by atoms with Gasteiger partial charge >= 0.3 is 0 Å². The fourth-order valence-corrected chi connectivity index (χ4v) is 3.59. The zero-order valence-electron chi connectivity index (χ0n) is 17.5. The van der Waals surface area contributed by atoms with Gasteiger partial charge in [-0.3, -0.25) is 10.0 Å². The van der Waals surface area contributed by atoms with Gasteiger partial charge in [0, 0.05) is 22.9 Å². The molecule has 0 aliphatic rings. The predicted octanol–water partition coefficient (Wildman–Crippen LogP) is 4.52. The van der Waals surface area contributed by atoms with E-state index in [4.69, 9.17) is 5.21 Å². The Hall–Kier alpha value is -3.92. The largest absolute Gasteiger partial charge is 0.326 e. The van der Waals surface area contributed by atoms with Crippen molar-refractivity contribution in [3.63, 3.8) is 0 Å². The van der Waals surface area contributed by atoms with Crippen LogP contribution in [0.1, 0.15) is 36.1 Å².